The number of aliphatic hydroxyl groups excluding tert-OH is 2. The molecule has 0 aromatic heterocycles. The van der Waals surface area contributed by atoms with Gasteiger partial charge in [0, 0.05) is 0 Å². The maximum absolute atomic E-state index is 9.17. The Kier molecular flexibility index (Phi) is 1.90. The second-order valence-electron chi connectivity index (χ2n) is 4.14. The van der Waals surface area contributed by atoms with Gasteiger partial charge in [-0.05, 0) is 32.1 Å². The number of hydrogen-bond acceptors (Lipinski definition) is 3. The maximum Gasteiger partial charge on any atom is 0.0921 e. The van der Waals surface area contributed by atoms with E-state index in [9.17, 15) is 10.2 Å². The summed E-state index contributed by atoms with van der Waals surface area (Å²) in [5, 5.41) is 18.3. The van der Waals surface area contributed by atoms with Crippen LogP contribution in [0.3, 0.4) is 0 Å². The van der Waals surface area contributed by atoms with Crippen LogP contribution in [0.1, 0.15) is 32.1 Å². The summed E-state index contributed by atoms with van der Waals surface area (Å²) in [4.78, 5) is 0. The van der Waals surface area contributed by atoms with Gasteiger partial charge in [-0.1, -0.05) is 0 Å². The third-order valence-electron chi connectivity index (χ3n) is 3.31. The van der Waals surface area contributed by atoms with Crippen LogP contribution >= 0.6 is 0 Å². The van der Waals surface area contributed by atoms with E-state index in [2.05, 4.69) is 0 Å². The molecule has 0 radical (unpaired) electrons. The van der Waals surface area contributed by atoms with Crippen LogP contribution in [-0.2, 0) is 4.74 Å². The molecule has 3 nitrogen and oxygen atoms in total. The van der Waals surface area contributed by atoms with Crippen molar-refractivity contribution in [3.63, 3.8) is 0 Å². The standard InChI is InChI=1S/C9H16O3/c10-6-8-2-1-3-9(7-11,12-8)5-4-8/h10-11H,1-7H2/t8-,9+. The van der Waals surface area contributed by atoms with Crippen molar-refractivity contribution in [2.75, 3.05) is 13.2 Å². The molecule has 0 saturated carbocycles. The normalized spacial score (nSPS) is 46.5. The molecule has 2 rings (SSSR count). The van der Waals surface area contributed by atoms with E-state index in [1.165, 1.54) is 0 Å². The zero-order chi connectivity index (χ0) is 8.66. The predicted octanol–water partition coefficient (Wildman–Crippen LogP) is 0.443. The van der Waals surface area contributed by atoms with E-state index in [0.29, 0.717) is 0 Å². The Labute approximate surface area is 72.3 Å². The van der Waals surface area contributed by atoms with E-state index in [1.54, 1.807) is 0 Å². The minimum Gasteiger partial charge on any atom is -0.393 e. The van der Waals surface area contributed by atoms with Gasteiger partial charge in [0.15, 0.2) is 0 Å². The average molecular weight is 172 g/mol. The molecular formula is C9H16O3. The van der Waals surface area contributed by atoms with E-state index >= 15 is 0 Å². The molecule has 0 aromatic rings. The molecule has 2 fully saturated rings. The Morgan fingerprint density at radius 3 is 1.83 bits per heavy atom. The molecule has 2 saturated heterocycles. The molecule has 0 amide bonds. The minimum atomic E-state index is -0.305. The SMILES string of the molecule is OC[C@]12CCC[C@](CO)(CC1)O2. The largest absolute Gasteiger partial charge is 0.393 e. The van der Waals surface area contributed by atoms with E-state index in [0.717, 1.165) is 32.1 Å². The van der Waals surface area contributed by atoms with E-state index in [-0.39, 0.29) is 24.4 Å². The lowest BCUT2D eigenvalue weighted by molar-refractivity contribution is -0.171. The number of hydrogen-bond donors (Lipinski definition) is 2. The molecule has 0 aliphatic carbocycles. The number of aliphatic hydroxyl groups is 2. The lowest BCUT2D eigenvalue weighted by Gasteiger charge is -2.38. The Bertz CT molecular complexity index is 165. The summed E-state index contributed by atoms with van der Waals surface area (Å²) in [6.07, 6.45) is 4.78. The summed E-state index contributed by atoms with van der Waals surface area (Å²) in [5.74, 6) is 0. The van der Waals surface area contributed by atoms with Crippen LogP contribution in [0.15, 0.2) is 0 Å². The first kappa shape index (κ1) is 8.48. The first-order valence-corrected chi connectivity index (χ1v) is 4.66. The Morgan fingerprint density at radius 1 is 0.917 bits per heavy atom. The highest BCUT2D eigenvalue weighted by Crippen LogP contribution is 2.47. The lowest BCUT2D eigenvalue weighted by Crippen LogP contribution is -2.44. The summed E-state index contributed by atoms with van der Waals surface area (Å²) in [6, 6.07) is 0. The van der Waals surface area contributed by atoms with E-state index in [4.69, 9.17) is 4.74 Å². The quantitative estimate of drug-likeness (QED) is 0.635. The lowest BCUT2D eigenvalue weighted by atomic mass is 9.94. The van der Waals surface area contributed by atoms with Crippen molar-refractivity contribution in [3.05, 3.63) is 0 Å². The summed E-state index contributed by atoms with van der Waals surface area (Å²) in [5.41, 5.74) is -0.609. The fourth-order valence-electron chi connectivity index (χ4n) is 2.48. The van der Waals surface area contributed by atoms with E-state index < -0.39 is 0 Å². The molecular weight excluding hydrogens is 156 g/mol. The highest BCUT2D eigenvalue weighted by atomic mass is 16.6. The van der Waals surface area contributed by atoms with Gasteiger partial charge in [0.1, 0.15) is 0 Å². The summed E-state index contributed by atoms with van der Waals surface area (Å²) in [6.45, 7) is 0.212. The molecule has 2 heterocycles. The van der Waals surface area contributed by atoms with Crippen LogP contribution in [0, 0.1) is 0 Å². The van der Waals surface area contributed by atoms with Crippen molar-refractivity contribution in [1.82, 2.24) is 0 Å². The number of fused-ring (bicyclic) bond motifs is 2. The fraction of sp³-hybridized carbons (Fsp3) is 1.00. The predicted molar refractivity (Wildman–Crippen MR) is 43.8 cm³/mol. The molecule has 0 aromatic carbocycles. The van der Waals surface area contributed by atoms with Crippen LogP contribution in [-0.4, -0.2) is 34.6 Å². The summed E-state index contributed by atoms with van der Waals surface area (Å²) >= 11 is 0. The smallest absolute Gasteiger partial charge is 0.0921 e. The van der Waals surface area contributed by atoms with Crippen molar-refractivity contribution in [2.24, 2.45) is 0 Å². The molecule has 2 atom stereocenters. The van der Waals surface area contributed by atoms with Crippen molar-refractivity contribution in [1.29, 1.82) is 0 Å². The van der Waals surface area contributed by atoms with Crippen LogP contribution in [0.25, 0.3) is 0 Å². The molecule has 2 aliphatic heterocycles. The Morgan fingerprint density at radius 2 is 1.42 bits per heavy atom. The van der Waals surface area contributed by atoms with Gasteiger partial charge in [-0.15, -0.1) is 0 Å². The monoisotopic (exact) mass is 172 g/mol. The molecule has 3 heteroatoms. The third-order valence-corrected chi connectivity index (χ3v) is 3.31. The molecule has 2 N–H and O–H groups in total. The topological polar surface area (TPSA) is 49.7 Å². The molecule has 2 bridgehead atoms. The van der Waals surface area contributed by atoms with Crippen molar-refractivity contribution >= 4 is 0 Å². The van der Waals surface area contributed by atoms with Crippen LogP contribution in [0.5, 0.6) is 0 Å². The minimum absolute atomic E-state index is 0.106. The molecule has 12 heavy (non-hydrogen) atoms. The Balaban J connectivity index is 2.16. The number of ether oxygens (including phenoxy) is 1. The first-order valence-electron chi connectivity index (χ1n) is 4.66. The van der Waals surface area contributed by atoms with Crippen molar-refractivity contribution < 1.29 is 14.9 Å². The second-order valence-corrected chi connectivity index (χ2v) is 4.14. The highest BCUT2D eigenvalue weighted by Gasteiger charge is 2.51. The first-order chi connectivity index (χ1) is 5.74. The van der Waals surface area contributed by atoms with Crippen molar-refractivity contribution in [3.8, 4) is 0 Å². The highest BCUT2D eigenvalue weighted by molar-refractivity contribution is 5.01. The molecule has 2 aliphatic rings. The molecule has 70 valence electrons. The maximum atomic E-state index is 9.17. The Hall–Kier alpha value is -0.120. The molecule has 0 spiro atoms. The van der Waals surface area contributed by atoms with Gasteiger partial charge in [-0.3, -0.25) is 0 Å². The second kappa shape index (κ2) is 2.69. The van der Waals surface area contributed by atoms with Gasteiger partial charge in [-0.2, -0.15) is 0 Å². The van der Waals surface area contributed by atoms with Crippen LogP contribution < -0.4 is 0 Å². The van der Waals surface area contributed by atoms with E-state index in [1.807, 2.05) is 0 Å². The fourth-order valence-corrected chi connectivity index (χ4v) is 2.48. The third kappa shape index (κ3) is 1.08. The zero-order valence-corrected chi connectivity index (χ0v) is 7.25. The van der Waals surface area contributed by atoms with Gasteiger partial charge >= 0.3 is 0 Å². The van der Waals surface area contributed by atoms with Gasteiger partial charge in [0.2, 0.25) is 0 Å². The summed E-state index contributed by atoms with van der Waals surface area (Å²) in [7, 11) is 0. The van der Waals surface area contributed by atoms with Gasteiger partial charge in [0.25, 0.3) is 0 Å². The van der Waals surface area contributed by atoms with Gasteiger partial charge in [0.05, 0.1) is 24.4 Å². The average Bonchev–Trinajstić information content (AvgIpc) is 2.41. The van der Waals surface area contributed by atoms with Gasteiger partial charge in [-0.25, -0.2) is 0 Å². The molecule has 0 unspecified atom stereocenters. The zero-order valence-electron chi connectivity index (χ0n) is 7.25. The van der Waals surface area contributed by atoms with Crippen LogP contribution in [0.2, 0.25) is 0 Å². The van der Waals surface area contributed by atoms with Crippen LogP contribution in [0.4, 0.5) is 0 Å². The van der Waals surface area contributed by atoms with Crippen molar-refractivity contribution in [2.45, 2.75) is 43.3 Å². The summed E-state index contributed by atoms with van der Waals surface area (Å²) < 4.78 is 5.77. The number of rotatable bonds is 2. The van der Waals surface area contributed by atoms with Gasteiger partial charge < -0.3 is 14.9 Å².